The Labute approximate surface area is 117 Å². The number of hydrogen-bond acceptors (Lipinski definition) is 4. The number of nitrogens with one attached hydrogen (secondary N) is 1. The second-order valence-corrected chi connectivity index (χ2v) is 4.87. The summed E-state index contributed by atoms with van der Waals surface area (Å²) in [6.45, 7) is 2.03. The van der Waals surface area contributed by atoms with Gasteiger partial charge in [0.2, 0.25) is 0 Å². The summed E-state index contributed by atoms with van der Waals surface area (Å²) in [6, 6.07) is 4.47. The van der Waals surface area contributed by atoms with Crippen LogP contribution in [-0.4, -0.2) is 27.6 Å². The number of carbonyl (C=O) groups is 1. The molecule has 8 heteroatoms. The second kappa shape index (κ2) is 5.28. The molecule has 0 unspecified atom stereocenters. The van der Waals surface area contributed by atoms with Crippen LogP contribution in [0.15, 0.2) is 29.3 Å². The molecule has 0 radical (unpaired) electrons. The fraction of sp³-hybridized carbons (Fsp3) is 0.250. The number of carbonyl (C=O) groups excluding carboxylic acids is 1. The average molecular weight is 301 g/mol. The smallest absolute Gasteiger partial charge is 0.286 e. The quantitative estimate of drug-likeness (QED) is 0.900. The Kier molecular flexibility index (Phi) is 3.85. The molecule has 20 heavy (non-hydrogen) atoms. The van der Waals surface area contributed by atoms with E-state index in [-0.39, 0.29) is 21.8 Å². The first kappa shape index (κ1) is 14.6. The highest BCUT2D eigenvalue weighted by Crippen LogP contribution is 2.32. The number of alkyl halides is 3. The summed E-state index contributed by atoms with van der Waals surface area (Å²) in [5.41, 5.74) is -0.745. The number of amidine groups is 1. The lowest BCUT2D eigenvalue weighted by molar-refractivity contribution is -0.137. The first-order valence-corrected chi connectivity index (χ1v) is 6.48. The summed E-state index contributed by atoms with van der Waals surface area (Å²) in [7, 11) is 0. The molecule has 2 rings (SSSR count). The van der Waals surface area contributed by atoms with E-state index in [1.54, 1.807) is 6.92 Å². The molecule has 1 fully saturated rings. The van der Waals surface area contributed by atoms with Crippen LogP contribution < -0.4 is 0 Å². The molecule has 1 aliphatic heterocycles. The van der Waals surface area contributed by atoms with Gasteiger partial charge in [0.1, 0.15) is 5.04 Å². The zero-order chi connectivity index (χ0) is 14.9. The molecule has 1 aromatic carbocycles. The van der Waals surface area contributed by atoms with Crippen LogP contribution in [0.1, 0.15) is 12.5 Å². The van der Waals surface area contributed by atoms with Gasteiger partial charge in [0.15, 0.2) is 5.84 Å². The maximum Gasteiger partial charge on any atom is 0.416 e. The molecule has 0 spiro atoms. The van der Waals surface area contributed by atoms with Gasteiger partial charge in [-0.25, -0.2) is 4.99 Å². The molecule has 0 bridgehead atoms. The minimum atomic E-state index is -4.45. The van der Waals surface area contributed by atoms with Crippen molar-refractivity contribution in [3.05, 3.63) is 29.8 Å². The number of aliphatic imine (C=N–C) groups is 1. The summed E-state index contributed by atoms with van der Waals surface area (Å²) in [6.07, 6.45) is -4.45. The Balaban J connectivity index is 2.33. The topological polar surface area (TPSA) is 56.5 Å². The summed E-state index contributed by atoms with van der Waals surface area (Å²) in [5, 5.41) is 7.51. The van der Waals surface area contributed by atoms with E-state index in [1.807, 2.05) is 0 Å². The highest BCUT2D eigenvalue weighted by molar-refractivity contribution is 8.28. The summed E-state index contributed by atoms with van der Waals surface area (Å²) >= 11 is 0.746. The predicted molar refractivity (Wildman–Crippen MR) is 71.6 cm³/mol. The van der Waals surface area contributed by atoms with E-state index in [0.717, 1.165) is 23.9 Å². The van der Waals surface area contributed by atoms with Gasteiger partial charge in [-0.15, -0.1) is 0 Å². The molecule has 106 valence electrons. The van der Waals surface area contributed by atoms with Crippen LogP contribution in [0.4, 0.5) is 23.7 Å². The maximum atomic E-state index is 12.6. The van der Waals surface area contributed by atoms with Crippen molar-refractivity contribution in [2.45, 2.75) is 13.1 Å². The number of nitrogens with zero attached hydrogens (tertiary/aromatic N) is 2. The van der Waals surface area contributed by atoms with Crippen molar-refractivity contribution in [3.63, 3.8) is 0 Å². The number of amides is 1. The molecule has 1 heterocycles. The van der Waals surface area contributed by atoms with E-state index in [2.05, 4.69) is 4.99 Å². The van der Waals surface area contributed by atoms with Crippen LogP contribution in [0.5, 0.6) is 0 Å². The lowest BCUT2D eigenvalue weighted by Crippen LogP contribution is -2.28. The fourth-order valence-corrected chi connectivity index (χ4v) is 2.48. The molecule has 1 saturated heterocycles. The Morgan fingerprint density at radius 3 is 2.65 bits per heavy atom. The SMILES string of the molecule is CCN1C(=N)C(=Nc2cccc(C(F)(F)F)c2)SC1=O. The van der Waals surface area contributed by atoms with Crippen molar-refractivity contribution < 1.29 is 18.0 Å². The average Bonchev–Trinajstić information content (AvgIpc) is 2.63. The van der Waals surface area contributed by atoms with E-state index in [0.29, 0.717) is 6.54 Å². The number of rotatable bonds is 2. The predicted octanol–water partition coefficient (Wildman–Crippen LogP) is 3.90. The van der Waals surface area contributed by atoms with E-state index < -0.39 is 11.7 Å². The summed E-state index contributed by atoms with van der Waals surface area (Å²) in [5.74, 6) is -0.0834. The van der Waals surface area contributed by atoms with Gasteiger partial charge < -0.3 is 0 Å². The maximum absolute atomic E-state index is 12.6. The first-order chi connectivity index (χ1) is 9.32. The van der Waals surface area contributed by atoms with Crippen LogP contribution in [0.3, 0.4) is 0 Å². The molecule has 1 N–H and O–H groups in total. The zero-order valence-corrected chi connectivity index (χ0v) is 11.2. The normalized spacial score (nSPS) is 18.2. The number of hydrogen-bond donors (Lipinski definition) is 1. The van der Waals surface area contributed by atoms with E-state index >= 15 is 0 Å². The van der Waals surface area contributed by atoms with Crippen molar-refractivity contribution in [2.75, 3.05) is 6.54 Å². The van der Waals surface area contributed by atoms with Gasteiger partial charge in [-0.3, -0.25) is 15.1 Å². The molecule has 0 saturated carbocycles. The van der Waals surface area contributed by atoms with Crippen molar-refractivity contribution in [2.24, 2.45) is 4.99 Å². The molecule has 4 nitrogen and oxygen atoms in total. The molecule has 1 aromatic rings. The molecule has 0 aliphatic carbocycles. The van der Waals surface area contributed by atoms with Crippen molar-refractivity contribution in [3.8, 4) is 0 Å². The van der Waals surface area contributed by atoms with Crippen LogP contribution in [0, 0.1) is 5.41 Å². The summed E-state index contributed by atoms with van der Waals surface area (Å²) in [4.78, 5) is 16.7. The van der Waals surface area contributed by atoms with Gasteiger partial charge in [0.25, 0.3) is 5.24 Å². The van der Waals surface area contributed by atoms with Gasteiger partial charge in [-0.2, -0.15) is 13.2 Å². The van der Waals surface area contributed by atoms with Crippen LogP contribution >= 0.6 is 11.8 Å². The second-order valence-electron chi connectivity index (χ2n) is 3.93. The van der Waals surface area contributed by atoms with Gasteiger partial charge >= 0.3 is 6.18 Å². The van der Waals surface area contributed by atoms with Crippen molar-refractivity contribution >= 4 is 33.6 Å². The van der Waals surface area contributed by atoms with Gasteiger partial charge in [-0.1, -0.05) is 6.07 Å². The Hall–Kier alpha value is -1.83. The van der Waals surface area contributed by atoms with Crippen LogP contribution in [0.2, 0.25) is 0 Å². The Morgan fingerprint density at radius 2 is 2.10 bits per heavy atom. The van der Waals surface area contributed by atoms with Crippen LogP contribution in [-0.2, 0) is 6.18 Å². The zero-order valence-electron chi connectivity index (χ0n) is 10.4. The molecule has 1 aliphatic rings. The first-order valence-electron chi connectivity index (χ1n) is 5.67. The molecule has 1 amide bonds. The fourth-order valence-electron chi connectivity index (χ4n) is 1.62. The van der Waals surface area contributed by atoms with Gasteiger partial charge in [0, 0.05) is 6.54 Å². The molecule has 0 aromatic heterocycles. The standard InChI is InChI=1S/C12H10F3N3OS/c1-2-18-9(16)10(20-11(18)19)17-8-5-3-4-7(6-8)12(13,14)15/h3-6,16H,2H2,1H3. The third-order valence-corrected chi connectivity index (χ3v) is 3.47. The van der Waals surface area contributed by atoms with E-state index in [9.17, 15) is 18.0 Å². The van der Waals surface area contributed by atoms with Gasteiger partial charge in [0.05, 0.1) is 11.3 Å². The largest absolute Gasteiger partial charge is 0.416 e. The Bertz CT molecular complexity index is 598. The van der Waals surface area contributed by atoms with Crippen molar-refractivity contribution in [1.82, 2.24) is 4.90 Å². The minimum absolute atomic E-state index is 0.0674. The summed E-state index contributed by atoms with van der Waals surface area (Å²) < 4.78 is 37.7. The van der Waals surface area contributed by atoms with E-state index in [4.69, 9.17) is 5.41 Å². The number of benzene rings is 1. The number of halogens is 3. The minimum Gasteiger partial charge on any atom is -0.286 e. The highest BCUT2D eigenvalue weighted by Gasteiger charge is 2.33. The van der Waals surface area contributed by atoms with Gasteiger partial charge in [-0.05, 0) is 36.9 Å². The molecular weight excluding hydrogens is 291 g/mol. The van der Waals surface area contributed by atoms with Crippen LogP contribution in [0.25, 0.3) is 0 Å². The third-order valence-electron chi connectivity index (χ3n) is 2.60. The third kappa shape index (κ3) is 2.84. The highest BCUT2D eigenvalue weighted by atomic mass is 32.2. The van der Waals surface area contributed by atoms with E-state index in [1.165, 1.54) is 17.0 Å². The molecular formula is C12H10F3N3OS. The molecule has 0 atom stereocenters. The van der Waals surface area contributed by atoms with Crippen molar-refractivity contribution in [1.29, 1.82) is 5.41 Å². The Morgan fingerprint density at radius 1 is 1.40 bits per heavy atom. The lowest BCUT2D eigenvalue weighted by Gasteiger charge is -2.09. The lowest BCUT2D eigenvalue weighted by atomic mass is 10.2. The number of thioether (sulfide) groups is 1. The monoisotopic (exact) mass is 301 g/mol.